The largest absolute Gasteiger partial charge is 0.494 e. The summed E-state index contributed by atoms with van der Waals surface area (Å²) in [4.78, 5) is 17.4. The van der Waals surface area contributed by atoms with E-state index in [9.17, 15) is 4.79 Å². The summed E-state index contributed by atoms with van der Waals surface area (Å²) in [5.74, 6) is 0.836. The zero-order valence-electron chi connectivity index (χ0n) is 17.5. The van der Waals surface area contributed by atoms with Crippen LogP contribution < -0.4 is 14.8 Å². The molecule has 0 saturated heterocycles. The number of hydrogen-bond acceptors (Lipinski definition) is 6. The maximum atomic E-state index is 12.7. The highest BCUT2D eigenvalue weighted by molar-refractivity contribution is 7.15. The van der Waals surface area contributed by atoms with Gasteiger partial charge in [0.05, 0.1) is 16.8 Å². The minimum Gasteiger partial charge on any atom is -0.494 e. The van der Waals surface area contributed by atoms with Gasteiger partial charge in [0, 0.05) is 17.3 Å². The molecule has 7 nitrogen and oxygen atoms in total. The third-order valence-electron chi connectivity index (χ3n) is 5.07. The van der Waals surface area contributed by atoms with E-state index in [2.05, 4.69) is 17.0 Å². The third-order valence-corrected chi connectivity index (χ3v) is 6.04. The second kappa shape index (κ2) is 8.76. The fourth-order valence-corrected chi connectivity index (χ4v) is 4.27. The number of thiazole rings is 1. The molecule has 0 fully saturated rings. The van der Waals surface area contributed by atoms with Crippen LogP contribution in [0.15, 0.2) is 71.9 Å². The monoisotopic (exact) mass is 443 g/mol. The number of para-hydroxylation sites is 1. The lowest BCUT2D eigenvalue weighted by atomic mass is 10.1. The van der Waals surface area contributed by atoms with Crippen LogP contribution in [0.25, 0.3) is 28.0 Å². The first-order valence-corrected chi connectivity index (χ1v) is 11.3. The molecular formula is C24H21N5O2S. The molecule has 0 atom stereocenters. The van der Waals surface area contributed by atoms with Gasteiger partial charge in [0.2, 0.25) is 4.96 Å². The molecule has 0 bridgehead atoms. The van der Waals surface area contributed by atoms with Gasteiger partial charge < -0.3 is 4.74 Å². The summed E-state index contributed by atoms with van der Waals surface area (Å²) >= 11 is 1.31. The van der Waals surface area contributed by atoms with Gasteiger partial charge in [0.15, 0.2) is 0 Å². The van der Waals surface area contributed by atoms with Gasteiger partial charge in [-0.05, 0) is 48.9 Å². The van der Waals surface area contributed by atoms with Gasteiger partial charge in [-0.15, -0.1) is 0 Å². The second-order valence-electron chi connectivity index (χ2n) is 7.31. The minimum absolute atomic E-state index is 0.180. The first kappa shape index (κ1) is 20.1. The standard InChI is InChI=1S/C24H21N5O2S/c1-2-3-13-31-20-11-9-17(10-12-20)22-18(15-28(27-22)19-7-5-4-6-8-19)14-21-23(30)29-24(32-21)25-16-26-29/h4-12,14-16H,2-3,13H2,1H3. The van der Waals surface area contributed by atoms with Crippen LogP contribution in [-0.2, 0) is 0 Å². The van der Waals surface area contributed by atoms with Crippen LogP contribution in [0.3, 0.4) is 0 Å². The molecule has 0 N–H and O–H groups in total. The number of hydrogen-bond donors (Lipinski definition) is 0. The van der Waals surface area contributed by atoms with Gasteiger partial charge >= 0.3 is 0 Å². The van der Waals surface area contributed by atoms with Crippen LogP contribution in [0.4, 0.5) is 0 Å². The maximum Gasteiger partial charge on any atom is 0.291 e. The van der Waals surface area contributed by atoms with Crippen LogP contribution >= 0.6 is 11.3 Å². The van der Waals surface area contributed by atoms with Crippen LogP contribution in [-0.4, -0.2) is 31.0 Å². The number of fused-ring (bicyclic) bond motifs is 1. The van der Waals surface area contributed by atoms with E-state index in [4.69, 9.17) is 9.84 Å². The number of benzene rings is 2. The Kier molecular flexibility index (Phi) is 5.51. The number of aromatic nitrogens is 5. The Bertz CT molecular complexity index is 1450. The number of unbranched alkanes of at least 4 members (excludes halogenated alkanes) is 1. The van der Waals surface area contributed by atoms with Gasteiger partial charge in [-0.25, -0.2) is 9.67 Å². The molecule has 0 spiro atoms. The summed E-state index contributed by atoms with van der Waals surface area (Å²) in [5.41, 5.74) is 3.33. The van der Waals surface area contributed by atoms with Crippen molar-refractivity contribution >= 4 is 22.4 Å². The zero-order chi connectivity index (χ0) is 21.9. The predicted octanol–water partition coefficient (Wildman–Crippen LogP) is 3.73. The molecule has 8 heteroatoms. The molecule has 0 saturated carbocycles. The van der Waals surface area contributed by atoms with E-state index in [0.29, 0.717) is 16.1 Å². The van der Waals surface area contributed by atoms with Gasteiger partial charge in [0.1, 0.15) is 17.8 Å². The fourth-order valence-electron chi connectivity index (χ4n) is 3.39. The fraction of sp³-hybridized carbons (Fsp3) is 0.167. The number of rotatable bonds is 7. The average Bonchev–Trinajstić information content (AvgIpc) is 3.53. The Hall–Kier alpha value is -3.78. The van der Waals surface area contributed by atoms with Crippen molar-refractivity contribution < 1.29 is 4.74 Å². The molecular weight excluding hydrogens is 422 g/mol. The van der Waals surface area contributed by atoms with Gasteiger partial charge in [-0.3, -0.25) is 4.79 Å². The van der Waals surface area contributed by atoms with E-state index < -0.39 is 0 Å². The van der Waals surface area contributed by atoms with Crippen molar-refractivity contribution in [2.75, 3.05) is 6.61 Å². The van der Waals surface area contributed by atoms with Crippen molar-refractivity contribution in [2.24, 2.45) is 0 Å². The highest BCUT2D eigenvalue weighted by Gasteiger charge is 2.13. The summed E-state index contributed by atoms with van der Waals surface area (Å²) in [6.07, 6.45) is 7.31. The van der Waals surface area contributed by atoms with Crippen LogP contribution in [0.1, 0.15) is 25.3 Å². The molecule has 0 amide bonds. The molecule has 3 heterocycles. The topological polar surface area (TPSA) is 74.3 Å². The lowest BCUT2D eigenvalue weighted by Crippen LogP contribution is -2.23. The van der Waals surface area contributed by atoms with E-state index in [1.54, 1.807) is 0 Å². The zero-order valence-corrected chi connectivity index (χ0v) is 18.3. The van der Waals surface area contributed by atoms with Crippen molar-refractivity contribution in [1.82, 2.24) is 24.4 Å². The van der Waals surface area contributed by atoms with E-state index in [1.807, 2.05) is 71.6 Å². The number of nitrogens with zero attached hydrogens (tertiary/aromatic N) is 5. The highest BCUT2D eigenvalue weighted by atomic mass is 32.1. The highest BCUT2D eigenvalue weighted by Crippen LogP contribution is 2.26. The molecule has 160 valence electrons. The second-order valence-corrected chi connectivity index (χ2v) is 8.32. The van der Waals surface area contributed by atoms with Crippen molar-refractivity contribution in [3.63, 3.8) is 0 Å². The van der Waals surface area contributed by atoms with Crippen molar-refractivity contribution in [3.8, 4) is 22.7 Å². The Morgan fingerprint density at radius 1 is 1.09 bits per heavy atom. The van der Waals surface area contributed by atoms with Gasteiger partial charge in [0.25, 0.3) is 5.56 Å². The molecule has 0 aliphatic rings. The Labute approximate surface area is 188 Å². The molecule has 3 aromatic heterocycles. The first-order valence-electron chi connectivity index (χ1n) is 10.5. The predicted molar refractivity (Wildman–Crippen MR) is 125 cm³/mol. The Morgan fingerprint density at radius 3 is 2.66 bits per heavy atom. The van der Waals surface area contributed by atoms with Crippen molar-refractivity contribution in [3.05, 3.63) is 87.6 Å². The van der Waals surface area contributed by atoms with E-state index in [-0.39, 0.29) is 5.56 Å². The summed E-state index contributed by atoms with van der Waals surface area (Å²) in [5, 5.41) is 8.84. The summed E-state index contributed by atoms with van der Waals surface area (Å²) in [6.45, 7) is 2.85. The van der Waals surface area contributed by atoms with Gasteiger partial charge in [-0.2, -0.15) is 14.7 Å². The lowest BCUT2D eigenvalue weighted by Gasteiger charge is -2.06. The SMILES string of the molecule is CCCCOc1ccc(-c2nn(-c3ccccc3)cc2C=c2sc3ncnn3c2=O)cc1. The summed E-state index contributed by atoms with van der Waals surface area (Å²) in [6, 6.07) is 17.8. The molecule has 5 rings (SSSR count). The molecule has 2 aromatic carbocycles. The van der Waals surface area contributed by atoms with E-state index in [1.165, 1.54) is 22.2 Å². The lowest BCUT2D eigenvalue weighted by molar-refractivity contribution is 0.309. The minimum atomic E-state index is -0.180. The molecule has 0 unspecified atom stereocenters. The smallest absolute Gasteiger partial charge is 0.291 e. The average molecular weight is 444 g/mol. The van der Waals surface area contributed by atoms with Crippen LogP contribution in [0, 0.1) is 0 Å². The Balaban J connectivity index is 1.59. The van der Waals surface area contributed by atoms with E-state index in [0.717, 1.165) is 41.1 Å². The Morgan fingerprint density at radius 2 is 1.91 bits per heavy atom. The molecule has 0 aliphatic heterocycles. The molecule has 5 aromatic rings. The molecule has 0 aliphatic carbocycles. The summed E-state index contributed by atoms with van der Waals surface area (Å²) < 4.78 is 9.50. The summed E-state index contributed by atoms with van der Waals surface area (Å²) in [7, 11) is 0. The third kappa shape index (κ3) is 3.92. The first-order chi connectivity index (χ1) is 15.7. The van der Waals surface area contributed by atoms with E-state index >= 15 is 0 Å². The van der Waals surface area contributed by atoms with Gasteiger partial charge in [-0.1, -0.05) is 42.9 Å². The molecule has 0 radical (unpaired) electrons. The molecule has 32 heavy (non-hydrogen) atoms. The van der Waals surface area contributed by atoms with Crippen LogP contribution in [0.2, 0.25) is 0 Å². The quantitative estimate of drug-likeness (QED) is 0.358. The normalized spacial score (nSPS) is 12.0. The maximum absolute atomic E-state index is 12.7. The van der Waals surface area contributed by atoms with Crippen molar-refractivity contribution in [1.29, 1.82) is 0 Å². The van der Waals surface area contributed by atoms with Crippen molar-refractivity contribution in [2.45, 2.75) is 19.8 Å². The number of ether oxygens (including phenoxy) is 1. The van der Waals surface area contributed by atoms with Crippen LogP contribution in [0.5, 0.6) is 5.75 Å².